The molecule has 2 aliphatic heterocycles. The molecule has 1 saturated heterocycles. The summed E-state index contributed by atoms with van der Waals surface area (Å²) >= 11 is 1.60. The lowest BCUT2D eigenvalue weighted by Gasteiger charge is -2.43. The van der Waals surface area contributed by atoms with Gasteiger partial charge in [-0.2, -0.15) is 0 Å². The van der Waals surface area contributed by atoms with Crippen LogP contribution in [0.1, 0.15) is 12.0 Å². The van der Waals surface area contributed by atoms with Gasteiger partial charge in [-0.25, -0.2) is 4.79 Å². The Morgan fingerprint density at radius 1 is 1.40 bits per heavy atom. The number of fused-ring (bicyclic) bond motifs is 1. The summed E-state index contributed by atoms with van der Waals surface area (Å²) in [5.41, 5.74) is 1.73. The molecule has 0 aliphatic carbocycles. The third-order valence-electron chi connectivity index (χ3n) is 3.27. The predicted octanol–water partition coefficient (Wildman–Crippen LogP) is 1.74. The molecule has 0 spiro atoms. The smallest absolute Gasteiger partial charge is 0.352 e. The number of thioether (sulfide) groups is 1. The van der Waals surface area contributed by atoms with E-state index in [1.54, 1.807) is 30.2 Å². The highest BCUT2D eigenvalue weighted by molar-refractivity contribution is 8.00. The van der Waals surface area contributed by atoms with Crippen LogP contribution in [0, 0.1) is 0 Å². The third-order valence-corrected chi connectivity index (χ3v) is 4.51. The standard InChI is InChI=1S/C14H12N2O3S/c17-11-7-12-16(11)13(14(18)19)10(8-20-12)2-1-9-3-5-15-6-4-9/h1-6,12H,7-8H2,(H,18,19)/b2-1+. The number of aliphatic carboxylic acids is 1. The number of carbonyl (C=O) groups is 2. The van der Waals surface area contributed by atoms with Gasteiger partial charge >= 0.3 is 5.97 Å². The van der Waals surface area contributed by atoms with Crippen molar-refractivity contribution in [2.75, 3.05) is 5.75 Å². The molecular formula is C14H12N2O3S. The van der Waals surface area contributed by atoms with Crippen molar-refractivity contribution >= 4 is 29.7 Å². The molecule has 1 atom stereocenters. The van der Waals surface area contributed by atoms with E-state index in [0.29, 0.717) is 17.7 Å². The Morgan fingerprint density at radius 3 is 2.80 bits per heavy atom. The van der Waals surface area contributed by atoms with E-state index in [4.69, 9.17) is 0 Å². The molecule has 3 heterocycles. The molecule has 1 amide bonds. The zero-order valence-electron chi connectivity index (χ0n) is 10.5. The minimum absolute atomic E-state index is 0.00771. The van der Waals surface area contributed by atoms with Crippen molar-refractivity contribution in [1.29, 1.82) is 0 Å². The van der Waals surface area contributed by atoms with Crippen LogP contribution in [0.3, 0.4) is 0 Å². The molecule has 1 fully saturated rings. The molecule has 2 aliphatic rings. The number of allylic oxidation sites excluding steroid dienone is 1. The van der Waals surface area contributed by atoms with Crippen LogP contribution in [0.2, 0.25) is 0 Å². The third kappa shape index (κ3) is 2.22. The summed E-state index contributed by atoms with van der Waals surface area (Å²) in [6, 6.07) is 3.68. The molecule has 0 bridgehead atoms. The van der Waals surface area contributed by atoms with E-state index in [-0.39, 0.29) is 17.0 Å². The van der Waals surface area contributed by atoms with Gasteiger partial charge in [-0.15, -0.1) is 11.8 Å². The number of carboxylic acids is 1. The summed E-state index contributed by atoms with van der Waals surface area (Å²) in [7, 11) is 0. The minimum atomic E-state index is -1.04. The molecule has 102 valence electrons. The lowest BCUT2D eigenvalue weighted by Crippen LogP contribution is -2.53. The number of nitrogens with zero attached hydrogens (tertiary/aromatic N) is 2. The molecular weight excluding hydrogens is 276 g/mol. The molecule has 0 radical (unpaired) electrons. The van der Waals surface area contributed by atoms with Crippen LogP contribution in [0.5, 0.6) is 0 Å². The normalized spacial score (nSPS) is 21.9. The summed E-state index contributed by atoms with van der Waals surface area (Å²) in [4.78, 5) is 28.3. The molecule has 20 heavy (non-hydrogen) atoms. The second-order valence-corrected chi connectivity index (χ2v) is 5.69. The Kier molecular flexibility index (Phi) is 3.31. The fourth-order valence-corrected chi connectivity index (χ4v) is 3.47. The summed E-state index contributed by atoms with van der Waals surface area (Å²) in [5, 5.41) is 9.33. The predicted molar refractivity (Wildman–Crippen MR) is 75.6 cm³/mol. The van der Waals surface area contributed by atoms with Gasteiger partial charge in [0.25, 0.3) is 0 Å². The first-order valence-electron chi connectivity index (χ1n) is 6.15. The highest BCUT2D eigenvalue weighted by atomic mass is 32.2. The van der Waals surface area contributed by atoms with Gasteiger partial charge in [0.1, 0.15) is 5.70 Å². The molecule has 1 unspecified atom stereocenters. The Bertz CT molecular complexity index is 625. The highest BCUT2D eigenvalue weighted by Gasteiger charge is 2.44. The first-order chi connectivity index (χ1) is 9.66. The molecule has 1 aromatic rings. The van der Waals surface area contributed by atoms with Crippen molar-refractivity contribution in [2.45, 2.75) is 11.8 Å². The van der Waals surface area contributed by atoms with E-state index in [2.05, 4.69) is 4.98 Å². The van der Waals surface area contributed by atoms with Gasteiger partial charge in [0.15, 0.2) is 0 Å². The van der Waals surface area contributed by atoms with Crippen LogP contribution in [-0.2, 0) is 9.59 Å². The molecule has 3 rings (SSSR count). The zero-order valence-corrected chi connectivity index (χ0v) is 11.3. The quantitative estimate of drug-likeness (QED) is 0.858. The Hall–Kier alpha value is -2.08. The first-order valence-corrected chi connectivity index (χ1v) is 7.20. The van der Waals surface area contributed by atoms with Gasteiger partial charge < -0.3 is 5.11 Å². The maximum Gasteiger partial charge on any atom is 0.352 e. The van der Waals surface area contributed by atoms with Gasteiger partial charge in [-0.1, -0.05) is 12.2 Å². The number of β-lactam (4-membered cyclic amide) rings is 1. The van der Waals surface area contributed by atoms with Gasteiger partial charge in [-0.05, 0) is 23.3 Å². The number of carboxylic acid groups (broad SMARTS) is 1. The largest absolute Gasteiger partial charge is 0.477 e. The van der Waals surface area contributed by atoms with Crippen molar-refractivity contribution < 1.29 is 14.7 Å². The molecule has 1 aromatic heterocycles. The van der Waals surface area contributed by atoms with Gasteiger partial charge in [0.2, 0.25) is 5.91 Å². The van der Waals surface area contributed by atoms with Crippen LogP contribution in [0.15, 0.2) is 41.9 Å². The number of amides is 1. The van der Waals surface area contributed by atoms with Crippen LogP contribution in [0.4, 0.5) is 0 Å². The van der Waals surface area contributed by atoms with Gasteiger partial charge in [0.05, 0.1) is 11.8 Å². The topological polar surface area (TPSA) is 70.5 Å². The summed E-state index contributed by atoms with van der Waals surface area (Å²) in [6.45, 7) is 0. The molecule has 5 nitrogen and oxygen atoms in total. The molecule has 0 saturated carbocycles. The average molecular weight is 288 g/mol. The Morgan fingerprint density at radius 2 is 2.15 bits per heavy atom. The SMILES string of the molecule is O=C(O)C1=C(/C=C/c2ccncc2)CSC2CC(=O)N12. The van der Waals surface area contributed by atoms with Crippen molar-refractivity contribution in [3.63, 3.8) is 0 Å². The van der Waals surface area contributed by atoms with Crippen molar-refractivity contribution in [3.8, 4) is 0 Å². The van der Waals surface area contributed by atoms with Crippen LogP contribution < -0.4 is 0 Å². The maximum absolute atomic E-state index is 11.6. The van der Waals surface area contributed by atoms with E-state index in [0.717, 1.165) is 5.56 Å². The van der Waals surface area contributed by atoms with E-state index in [1.807, 2.05) is 18.2 Å². The van der Waals surface area contributed by atoms with Crippen LogP contribution >= 0.6 is 11.8 Å². The molecule has 1 N–H and O–H groups in total. The number of aromatic nitrogens is 1. The van der Waals surface area contributed by atoms with E-state index in [9.17, 15) is 14.7 Å². The molecule has 0 aromatic carbocycles. The average Bonchev–Trinajstić information content (AvgIpc) is 2.45. The summed E-state index contributed by atoms with van der Waals surface area (Å²) in [6.07, 6.45) is 7.40. The van der Waals surface area contributed by atoms with Crippen molar-refractivity contribution in [2.24, 2.45) is 0 Å². The Labute approximate surface area is 120 Å². The summed E-state index contributed by atoms with van der Waals surface area (Å²) < 4.78 is 0. The minimum Gasteiger partial charge on any atom is -0.477 e. The van der Waals surface area contributed by atoms with E-state index < -0.39 is 5.97 Å². The Balaban J connectivity index is 1.93. The molecule has 6 heteroatoms. The van der Waals surface area contributed by atoms with E-state index >= 15 is 0 Å². The zero-order chi connectivity index (χ0) is 14.1. The number of pyridine rings is 1. The van der Waals surface area contributed by atoms with E-state index in [1.165, 1.54) is 4.90 Å². The lowest BCUT2D eigenvalue weighted by atomic mass is 10.1. The second-order valence-electron chi connectivity index (χ2n) is 4.53. The first kappa shape index (κ1) is 12.9. The monoisotopic (exact) mass is 288 g/mol. The highest BCUT2D eigenvalue weighted by Crippen LogP contribution is 2.40. The van der Waals surface area contributed by atoms with Gasteiger partial charge in [0, 0.05) is 18.1 Å². The lowest BCUT2D eigenvalue weighted by molar-refractivity contribution is -0.146. The van der Waals surface area contributed by atoms with Crippen molar-refractivity contribution in [1.82, 2.24) is 9.88 Å². The van der Waals surface area contributed by atoms with Gasteiger partial charge in [-0.3, -0.25) is 14.7 Å². The second kappa shape index (κ2) is 5.13. The number of carbonyl (C=O) groups excluding carboxylic acids is 1. The summed E-state index contributed by atoms with van der Waals surface area (Å²) in [5.74, 6) is -0.551. The number of hydrogen-bond acceptors (Lipinski definition) is 4. The van der Waals surface area contributed by atoms with Crippen LogP contribution in [-0.4, -0.2) is 38.0 Å². The van der Waals surface area contributed by atoms with Crippen molar-refractivity contribution in [3.05, 3.63) is 47.4 Å². The fraction of sp³-hybridized carbons (Fsp3) is 0.214. The number of rotatable bonds is 3. The van der Waals surface area contributed by atoms with Crippen LogP contribution in [0.25, 0.3) is 6.08 Å². The maximum atomic E-state index is 11.6. The fourth-order valence-electron chi connectivity index (χ4n) is 2.24. The number of hydrogen-bond donors (Lipinski definition) is 1.